The van der Waals surface area contributed by atoms with Gasteiger partial charge in [0.2, 0.25) is 5.95 Å². The summed E-state index contributed by atoms with van der Waals surface area (Å²) < 4.78 is 18.7. The molecule has 7 nitrogen and oxygen atoms in total. The van der Waals surface area contributed by atoms with Crippen LogP contribution in [0.4, 0.5) is 10.3 Å². The molecule has 1 N–H and O–H groups in total. The minimum Gasteiger partial charge on any atom is -0.456 e. The number of ether oxygens (including phenoxy) is 1. The van der Waals surface area contributed by atoms with Crippen LogP contribution < -0.4 is 5.32 Å². The molecule has 1 aromatic heterocycles. The van der Waals surface area contributed by atoms with Crippen molar-refractivity contribution in [1.29, 1.82) is 0 Å². The highest BCUT2D eigenvalue weighted by molar-refractivity contribution is 6.31. The van der Waals surface area contributed by atoms with Crippen LogP contribution >= 0.6 is 11.6 Å². The average Bonchev–Trinajstić information content (AvgIpc) is 2.63. The summed E-state index contributed by atoms with van der Waals surface area (Å²) in [6, 6.07) is 5.97. The second kappa shape index (κ2) is 9.67. The fourth-order valence-electron chi connectivity index (χ4n) is 2.00. The van der Waals surface area contributed by atoms with E-state index in [0.717, 1.165) is 0 Å². The summed E-state index contributed by atoms with van der Waals surface area (Å²) in [5.74, 6) is -1.10. The first-order valence-electron chi connectivity index (χ1n) is 7.80. The van der Waals surface area contributed by atoms with E-state index < -0.39 is 24.3 Å². The van der Waals surface area contributed by atoms with Crippen LogP contribution in [0.1, 0.15) is 12.0 Å². The first-order valence-corrected chi connectivity index (χ1v) is 8.18. The number of carbonyl (C=O) groups is 2. The van der Waals surface area contributed by atoms with E-state index in [1.54, 1.807) is 24.5 Å². The number of rotatable bonds is 8. The van der Waals surface area contributed by atoms with Gasteiger partial charge in [0.1, 0.15) is 5.82 Å². The van der Waals surface area contributed by atoms with Crippen LogP contribution in [-0.4, -0.2) is 46.9 Å². The molecule has 0 spiro atoms. The van der Waals surface area contributed by atoms with Gasteiger partial charge >= 0.3 is 5.97 Å². The molecular formula is C17H18ClFN4O3. The van der Waals surface area contributed by atoms with Gasteiger partial charge in [0.05, 0.1) is 6.42 Å². The molecule has 0 aliphatic rings. The number of halogens is 2. The Morgan fingerprint density at radius 1 is 1.27 bits per heavy atom. The maximum atomic E-state index is 13.7. The van der Waals surface area contributed by atoms with Crippen molar-refractivity contribution in [1.82, 2.24) is 14.9 Å². The van der Waals surface area contributed by atoms with E-state index in [9.17, 15) is 14.0 Å². The van der Waals surface area contributed by atoms with Crippen LogP contribution in [-0.2, 0) is 20.9 Å². The van der Waals surface area contributed by atoms with Crippen LogP contribution in [0, 0.1) is 5.82 Å². The molecule has 1 heterocycles. The number of aromatic nitrogens is 2. The number of benzene rings is 1. The molecular weight excluding hydrogens is 363 g/mol. The Morgan fingerprint density at radius 3 is 2.69 bits per heavy atom. The molecule has 2 rings (SSSR count). The van der Waals surface area contributed by atoms with Crippen molar-refractivity contribution in [3.63, 3.8) is 0 Å². The Hall–Kier alpha value is -2.74. The molecule has 0 fully saturated rings. The Balaban J connectivity index is 1.72. The van der Waals surface area contributed by atoms with Gasteiger partial charge in [-0.3, -0.25) is 9.59 Å². The molecule has 0 saturated carbocycles. The van der Waals surface area contributed by atoms with E-state index in [2.05, 4.69) is 15.3 Å². The summed E-state index contributed by atoms with van der Waals surface area (Å²) in [4.78, 5) is 32.8. The lowest BCUT2D eigenvalue weighted by atomic mass is 10.2. The Bertz CT molecular complexity index is 741. The lowest BCUT2D eigenvalue weighted by Crippen LogP contribution is -2.31. The van der Waals surface area contributed by atoms with Gasteiger partial charge in [-0.05, 0) is 18.2 Å². The van der Waals surface area contributed by atoms with Crippen molar-refractivity contribution >= 4 is 29.4 Å². The van der Waals surface area contributed by atoms with Crippen molar-refractivity contribution in [3.8, 4) is 0 Å². The molecule has 0 aliphatic carbocycles. The minimum atomic E-state index is -0.542. The largest absolute Gasteiger partial charge is 0.456 e. The summed E-state index contributed by atoms with van der Waals surface area (Å²) in [5.41, 5.74) is 0.211. The molecule has 0 bridgehead atoms. The van der Waals surface area contributed by atoms with E-state index >= 15 is 0 Å². The van der Waals surface area contributed by atoms with Crippen molar-refractivity contribution < 1.29 is 18.7 Å². The Labute approximate surface area is 155 Å². The number of amides is 1. The highest BCUT2D eigenvalue weighted by Crippen LogP contribution is 2.20. The number of carbonyl (C=O) groups excluding carboxylic acids is 2. The van der Waals surface area contributed by atoms with Gasteiger partial charge < -0.3 is 15.0 Å². The molecule has 2 aromatic rings. The van der Waals surface area contributed by atoms with Gasteiger partial charge in [-0.15, -0.1) is 0 Å². The predicted molar refractivity (Wildman–Crippen MR) is 94.0 cm³/mol. The number of nitrogens with one attached hydrogen (secondary N) is 1. The summed E-state index contributed by atoms with van der Waals surface area (Å²) in [6.45, 7) is -0.171. The number of hydrogen-bond acceptors (Lipinski definition) is 6. The van der Waals surface area contributed by atoms with Gasteiger partial charge in [-0.1, -0.05) is 17.7 Å². The highest BCUT2D eigenvalue weighted by Gasteiger charge is 2.16. The van der Waals surface area contributed by atoms with Gasteiger partial charge in [0, 0.05) is 43.1 Å². The van der Waals surface area contributed by atoms with E-state index in [4.69, 9.17) is 16.3 Å². The minimum absolute atomic E-state index is 0.0191. The first-order chi connectivity index (χ1) is 12.5. The Morgan fingerprint density at radius 2 is 2.00 bits per heavy atom. The van der Waals surface area contributed by atoms with E-state index in [0.29, 0.717) is 5.95 Å². The Kier molecular flexibility index (Phi) is 7.28. The lowest BCUT2D eigenvalue weighted by Gasteiger charge is -2.18. The second-order valence-corrected chi connectivity index (χ2v) is 5.77. The highest BCUT2D eigenvalue weighted by atomic mass is 35.5. The summed E-state index contributed by atoms with van der Waals surface area (Å²) in [5, 5.41) is 3.09. The predicted octanol–water partition coefficient (Wildman–Crippen LogP) is 2.27. The maximum Gasteiger partial charge on any atom is 0.308 e. The quantitative estimate of drug-likeness (QED) is 0.707. The number of nitrogens with zero attached hydrogens (tertiary/aromatic N) is 3. The SMILES string of the molecule is CN(Cc1c(F)cccc1Cl)C(=O)COC(=O)CCNc1ncccn1. The molecule has 26 heavy (non-hydrogen) atoms. The third-order valence-electron chi connectivity index (χ3n) is 3.42. The molecule has 0 aliphatic heterocycles. The molecule has 138 valence electrons. The normalized spacial score (nSPS) is 10.3. The van der Waals surface area contributed by atoms with Crippen LogP contribution in [0.2, 0.25) is 5.02 Å². The van der Waals surface area contributed by atoms with Crippen molar-refractivity contribution in [3.05, 3.63) is 53.1 Å². The van der Waals surface area contributed by atoms with E-state index in [-0.39, 0.29) is 30.1 Å². The average molecular weight is 381 g/mol. The monoisotopic (exact) mass is 380 g/mol. The van der Waals surface area contributed by atoms with Crippen LogP contribution in [0.15, 0.2) is 36.7 Å². The van der Waals surface area contributed by atoms with Crippen molar-refractivity contribution in [2.24, 2.45) is 0 Å². The van der Waals surface area contributed by atoms with Crippen molar-refractivity contribution in [2.75, 3.05) is 25.5 Å². The zero-order valence-corrected chi connectivity index (χ0v) is 14.9. The van der Waals surface area contributed by atoms with Crippen LogP contribution in [0.5, 0.6) is 0 Å². The van der Waals surface area contributed by atoms with Gasteiger partial charge in [0.25, 0.3) is 5.91 Å². The standard InChI is InChI=1S/C17H18ClFN4O3/c1-23(10-12-13(18)4-2-5-14(12)19)15(24)11-26-16(25)6-9-22-17-20-7-3-8-21-17/h2-5,7-8H,6,9-11H2,1H3,(H,20,21,22). The number of anilines is 1. The van der Waals surface area contributed by atoms with Crippen LogP contribution in [0.3, 0.4) is 0 Å². The maximum absolute atomic E-state index is 13.7. The molecule has 0 radical (unpaired) electrons. The van der Waals surface area contributed by atoms with Crippen molar-refractivity contribution in [2.45, 2.75) is 13.0 Å². The summed E-state index contributed by atoms with van der Waals surface area (Å²) >= 11 is 5.93. The number of likely N-dealkylation sites (N-methyl/N-ethyl adjacent to an activating group) is 1. The van der Waals surface area contributed by atoms with Gasteiger partial charge in [0.15, 0.2) is 6.61 Å². The molecule has 0 unspecified atom stereocenters. The first kappa shape index (κ1) is 19.6. The lowest BCUT2D eigenvalue weighted by molar-refractivity contribution is -0.151. The third-order valence-corrected chi connectivity index (χ3v) is 3.77. The van der Waals surface area contributed by atoms with Gasteiger partial charge in [-0.2, -0.15) is 0 Å². The van der Waals surface area contributed by atoms with E-state index in [1.165, 1.54) is 24.1 Å². The zero-order valence-electron chi connectivity index (χ0n) is 14.1. The third kappa shape index (κ3) is 5.96. The molecule has 9 heteroatoms. The molecule has 0 saturated heterocycles. The number of esters is 1. The summed E-state index contributed by atoms with van der Waals surface area (Å²) in [6.07, 6.45) is 3.20. The fourth-order valence-corrected chi connectivity index (χ4v) is 2.22. The zero-order chi connectivity index (χ0) is 18.9. The van der Waals surface area contributed by atoms with E-state index in [1.807, 2.05) is 0 Å². The topological polar surface area (TPSA) is 84.4 Å². The smallest absolute Gasteiger partial charge is 0.308 e. The molecule has 1 aromatic carbocycles. The second-order valence-electron chi connectivity index (χ2n) is 5.36. The molecule has 0 atom stereocenters. The van der Waals surface area contributed by atoms with Gasteiger partial charge in [-0.25, -0.2) is 14.4 Å². The summed E-state index contributed by atoms with van der Waals surface area (Å²) in [7, 11) is 1.48. The number of hydrogen-bond donors (Lipinski definition) is 1. The molecule has 1 amide bonds. The fraction of sp³-hybridized carbons (Fsp3) is 0.294. The van der Waals surface area contributed by atoms with Crippen LogP contribution in [0.25, 0.3) is 0 Å².